The summed E-state index contributed by atoms with van der Waals surface area (Å²) in [5.41, 5.74) is 0. The molecule has 0 unspecified atom stereocenters. The molecule has 1 rings (SSSR count). The van der Waals surface area contributed by atoms with E-state index in [0.717, 1.165) is 0 Å². The van der Waals surface area contributed by atoms with Gasteiger partial charge in [0.1, 0.15) is 0 Å². The zero-order valence-electron chi connectivity index (χ0n) is 11.3. The summed E-state index contributed by atoms with van der Waals surface area (Å²) in [5, 5.41) is 2.81. The second kappa shape index (κ2) is 5.99. The lowest BCUT2D eigenvalue weighted by Gasteiger charge is -2.19. The molecule has 1 aromatic heterocycles. The van der Waals surface area contributed by atoms with Gasteiger partial charge in [0, 0.05) is 28.2 Å². The molecule has 0 fully saturated rings. The quantitative estimate of drug-likeness (QED) is 0.754. The van der Waals surface area contributed by atoms with Crippen LogP contribution in [0, 0.1) is 0 Å². The number of anilines is 2. The maximum atomic E-state index is 11.6. The van der Waals surface area contributed by atoms with E-state index in [9.17, 15) is 4.79 Å². The van der Waals surface area contributed by atoms with Gasteiger partial charge in [-0.2, -0.15) is 15.0 Å². The van der Waals surface area contributed by atoms with Gasteiger partial charge in [-0.15, -0.1) is 0 Å². The van der Waals surface area contributed by atoms with Crippen molar-refractivity contribution < 1.29 is 9.53 Å². The monoisotopic (exact) mass is 254 g/mol. The number of hydrogen-bond donors (Lipinski definition) is 1. The van der Waals surface area contributed by atoms with E-state index in [-0.39, 0.29) is 18.5 Å². The molecule has 0 aromatic carbocycles. The van der Waals surface area contributed by atoms with Crippen LogP contribution in [0.25, 0.3) is 0 Å². The van der Waals surface area contributed by atoms with Crippen molar-refractivity contribution in [1.29, 1.82) is 0 Å². The first-order valence-electron chi connectivity index (χ1n) is 5.37. The van der Waals surface area contributed by atoms with Crippen LogP contribution >= 0.6 is 0 Å². The number of rotatable bonds is 5. The summed E-state index contributed by atoms with van der Waals surface area (Å²) < 4.78 is 4.98. The zero-order valence-corrected chi connectivity index (χ0v) is 11.3. The first-order valence-corrected chi connectivity index (χ1v) is 5.37. The third-order valence-corrected chi connectivity index (χ3v) is 2.22. The van der Waals surface area contributed by atoms with Crippen LogP contribution in [0.5, 0.6) is 6.01 Å². The molecule has 8 heteroatoms. The fraction of sp³-hybridized carbons (Fsp3) is 0.600. The van der Waals surface area contributed by atoms with Crippen molar-refractivity contribution >= 4 is 17.8 Å². The fourth-order valence-electron chi connectivity index (χ4n) is 1.13. The normalized spacial score (nSPS) is 9.83. The Balaban J connectivity index is 2.90. The van der Waals surface area contributed by atoms with E-state index in [0.29, 0.717) is 11.9 Å². The van der Waals surface area contributed by atoms with Gasteiger partial charge in [-0.25, -0.2) is 0 Å². The highest BCUT2D eigenvalue weighted by Crippen LogP contribution is 2.13. The molecule has 8 nitrogen and oxygen atoms in total. The molecule has 1 amide bonds. The van der Waals surface area contributed by atoms with Crippen molar-refractivity contribution in [2.24, 2.45) is 0 Å². The molecule has 0 atom stereocenters. The van der Waals surface area contributed by atoms with Gasteiger partial charge in [-0.3, -0.25) is 4.79 Å². The zero-order chi connectivity index (χ0) is 13.7. The maximum absolute atomic E-state index is 11.6. The molecule has 0 radical (unpaired) electrons. The number of methoxy groups -OCH3 is 1. The Labute approximate surface area is 106 Å². The third-order valence-electron chi connectivity index (χ3n) is 2.22. The largest absolute Gasteiger partial charge is 0.467 e. The number of ether oxygens (including phenoxy) is 1. The van der Waals surface area contributed by atoms with Gasteiger partial charge in [-0.05, 0) is 0 Å². The highest BCUT2D eigenvalue weighted by molar-refractivity contribution is 5.80. The lowest BCUT2D eigenvalue weighted by Crippen LogP contribution is -2.35. The summed E-state index contributed by atoms with van der Waals surface area (Å²) >= 11 is 0. The van der Waals surface area contributed by atoms with Crippen molar-refractivity contribution in [3.8, 4) is 6.01 Å². The van der Waals surface area contributed by atoms with Crippen molar-refractivity contribution in [1.82, 2.24) is 19.9 Å². The SMILES string of the molecule is CNc1nc(OC)nc(N(C)CC(=O)N(C)C)n1. The molecule has 0 aliphatic carbocycles. The predicted molar refractivity (Wildman–Crippen MR) is 67.9 cm³/mol. The number of amides is 1. The van der Waals surface area contributed by atoms with Crippen molar-refractivity contribution in [3.63, 3.8) is 0 Å². The second-order valence-electron chi connectivity index (χ2n) is 3.84. The van der Waals surface area contributed by atoms with Crippen LogP contribution in [0.1, 0.15) is 0 Å². The second-order valence-corrected chi connectivity index (χ2v) is 3.84. The maximum Gasteiger partial charge on any atom is 0.322 e. The Morgan fingerprint density at radius 2 is 1.94 bits per heavy atom. The standard InChI is InChI=1S/C10H18N6O2/c1-11-8-12-9(14-10(13-8)18-5)16(4)6-7(17)15(2)3/h6H2,1-5H3,(H,11,12,13,14). The highest BCUT2D eigenvalue weighted by atomic mass is 16.5. The van der Waals surface area contributed by atoms with E-state index >= 15 is 0 Å². The lowest BCUT2D eigenvalue weighted by molar-refractivity contribution is -0.127. The topological polar surface area (TPSA) is 83.5 Å². The molecule has 0 bridgehead atoms. The van der Waals surface area contributed by atoms with Crippen molar-refractivity contribution in [2.45, 2.75) is 0 Å². The molecule has 0 saturated heterocycles. The van der Waals surface area contributed by atoms with Crippen LogP contribution < -0.4 is 15.0 Å². The first-order chi connectivity index (χ1) is 8.47. The van der Waals surface area contributed by atoms with Gasteiger partial charge >= 0.3 is 6.01 Å². The molecule has 1 aromatic rings. The number of likely N-dealkylation sites (N-methyl/N-ethyl adjacent to an activating group) is 2. The molecule has 1 N–H and O–H groups in total. The summed E-state index contributed by atoms with van der Waals surface area (Å²) in [6, 6.07) is 0.202. The fourth-order valence-corrected chi connectivity index (χ4v) is 1.13. The molecular formula is C10H18N6O2. The van der Waals surface area contributed by atoms with E-state index in [1.54, 1.807) is 33.1 Å². The molecule has 0 saturated carbocycles. The number of hydrogen-bond acceptors (Lipinski definition) is 7. The third kappa shape index (κ3) is 3.44. The number of carbonyl (C=O) groups excluding carboxylic acids is 1. The van der Waals surface area contributed by atoms with Gasteiger partial charge in [0.05, 0.1) is 13.7 Å². The number of carbonyl (C=O) groups is 1. The molecule has 0 aliphatic heterocycles. The number of nitrogens with one attached hydrogen (secondary N) is 1. The molecule has 0 spiro atoms. The average molecular weight is 254 g/mol. The number of aromatic nitrogens is 3. The molecular weight excluding hydrogens is 236 g/mol. The number of nitrogens with zero attached hydrogens (tertiary/aromatic N) is 5. The van der Waals surface area contributed by atoms with Crippen LogP contribution in [-0.2, 0) is 4.79 Å². The van der Waals surface area contributed by atoms with Gasteiger partial charge in [0.25, 0.3) is 0 Å². The molecule has 18 heavy (non-hydrogen) atoms. The average Bonchev–Trinajstić information content (AvgIpc) is 2.37. The molecule has 100 valence electrons. The van der Waals surface area contributed by atoms with E-state index in [1.165, 1.54) is 12.0 Å². The summed E-state index contributed by atoms with van der Waals surface area (Å²) in [7, 11) is 8.30. The van der Waals surface area contributed by atoms with E-state index in [4.69, 9.17) is 4.74 Å². The van der Waals surface area contributed by atoms with Gasteiger partial charge in [-0.1, -0.05) is 0 Å². The Morgan fingerprint density at radius 1 is 1.28 bits per heavy atom. The van der Waals surface area contributed by atoms with Crippen LogP contribution in [0.15, 0.2) is 0 Å². The van der Waals surface area contributed by atoms with Gasteiger partial charge in [0.15, 0.2) is 0 Å². The highest BCUT2D eigenvalue weighted by Gasteiger charge is 2.14. The molecule has 1 heterocycles. The van der Waals surface area contributed by atoms with E-state index in [1.807, 2.05) is 0 Å². The summed E-state index contributed by atoms with van der Waals surface area (Å²) in [6.45, 7) is 0.184. The van der Waals surface area contributed by atoms with Gasteiger partial charge in [0.2, 0.25) is 17.8 Å². The minimum Gasteiger partial charge on any atom is -0.467 e. The summed E-state index contributed by atoms with van der Waals surface area (Å²) in [5.74, 6) is 0.727. The Bertz CT molecular complexity index is 401. The van der Waals surface area contributed by atoms with Crippen LogP contribution in [0.2, 0.25) is 0 Å². The summed E-state index contributed by atoms with van der Waals surface area (Å²) in [6.07, 6.45) is 0. The smallest absolute Gasteiger partial charge is 0.322 e. The van der Waals surface area contributed by atoms with Crippen LogP contribution in [-0.4, -0.2) is 67.6 Å². The predicted octanol–water partition coefficient (Wildman–Crippen LogP) is -0.554. The minimum atomic E-state index is -0.0390. The lowest BCUT2D eigenvalue weighted by atomic mass is 10.5. The Kier molecular flexibility index (Phi) is 4.64. The first kappa shape index (κ1) is 13.9. The van der Waals surface area contributed by atoms with Crippen molar-refractivity contribution in [2.75, 3.05) is 52.1 Å². The van der Waals surface area contributed by atoms with Crippen LogP contribution in [0.3, 0.4) is 0 Å². The Morgan fingerprint density at radius 3 is 2.44 bits per heavy atom. The Hall–Kier alpha value is -2.12. The van der Waals surface area contributed by atoms with Crippen molar-refractivity contribution in [3.05, 3.63) is 0 Å². The minimum absolute atomic E-state index is 0.0390. The summed E-state index contributed by atoms with van der Waals surface area (Å²) in [4.78, 5) is 27.0. The van der Waals surface area contributed by atoms with E-state index < -0.39 is 0 Å². The van der Waals surface area contributed by atoms with Gasteiger partial charge < -0.3 is 19.9 Å². The van der Waals surface area contributed by atoms with E-state index in [2.05, 4.69) is 20.3 Å². The van der Waals surface area contributed by atoms with Crippen LogP contribution in [0.4, 0.5) is 11.9 Å². The molecule has 0 aliphatic rings.